The van der Waals surface area contributed by atoms with Crippen LogP contribution in [0, 0.1) is 0 Å². The van der Waals surface area contributed by atoms with Crippen molar-refractivity contribution in [3.05, 3.63) is 29.8 Å². The molecule has 3 N–H and O–H groups in total. The van der Waals surface area contributed by atoms with Gasteiger partial charge in [-0.3, -0.25) is 4.79 Å². The highest BCUT2D eigenvalue weighted by molar-refractivity contribution is 5.88. The topological polar surface area (TPSA) is 105 Å². The maximum atomic E-state index is 11.7. The molecule has 1 aromatic carbocycles. The van der Waals surface area contributed by atoms with E-state index in [4.69, 9.17) is 4.74 Å². The molecule has 23 heavy (non-hydrogen) atoms. The summed E-state index contributed by atoms with van der Waals surface area (Å²) in [6.07, 6.45) is -0.718. The summed E-state index contributed by atoms with van der Waals surface area (Å²) >= 11 is 0. The van der Waals surface area contributed by atoms with Gasteiger partial charge in [0.05, 0.1) is 0 Å². The number of carbonyl (C=O) groups excluding carboxylic acids is 2. The first-order valence-corrected chi connectivity index (χ1v) is 7.15. The lowest BCUT2D eigenvalue weighted by Gasteiger charge is -2.22. The normalized spacial score (nSPS) is 12.2. The largest absolute Gasteiger partial charge is 0.480 e. The van der Waals surface area contributed by atoms with Crippen molar-refractivity contribution in [1.82, 2.24) is 5.32 Å². The number of benzene rings is 1. The number of carbonyl (C=O) groups is 3. The molecular formula is C16H22N2O5. The molecule has 2 amide bonds. The third-order valence-corrected chi connectivity index (χ3v) is 2.68. The Bertz CT molecular complexity index is 592. The minimum Gasteiger partial charge on any atom is -0.480 e. The van der Waals surface area contributed by atoms with Crippen molar-refractivity contribution in [3.8, 4) is 0 Å². The van der Waals surface area contributed by atoms with E-state index in [9.17, 15) is 19.5 Å². The van der Waals surface area contributed by atoms with Crippen molar-refractivity contribution in [2.24, 2.45) is 0 Å². The van der Waals surface area contributed by atoms with Gasteiger partial charge in [0.15, 0.2) is 0 Å². The number of alkyl carbamates (subject to hydrolysis) is 1. The summed E-state index contributed by atoms with van der Waals surface area (Å²) in [6, 6.07) is 5.65. The second-order valence-electron chi connectivity index (χ2n) is 6.12. The smallest absolute Gasteiger partial charge is 0.408 e. The van der Waals surface area contributed by atoms with Gasteiger partial charge in [-0.2, -0.15) is 0 Å². The number of carboxylic acids is 1. The number of ether oxygens (including phenoxy) is 1. The van der Waals surface area contributed by atoms with E-state index in [1.54, 1.807) is 45.0 Å². The summed E-state index contributed by atoms with van der Waals surface area (Å²) in [5, 5.41) is 14.2. The first-order chi connectivity index (χ1) is 10.6. The molecule has 0 aliphatic heterocycles. The van der Waals surface area contributed by atoms with Crippen molar-refractivity contribution in [2.45, 2.75) is 45.8 Å². The van der Waals surface area contributed by atoms with Crippen LogP contribution in [0.25, 0.3) is 0 Å². The third-order valence-electron chi connectivity index (χ3n) is 2.68. The van der Waals surface area contributed by atoms with Crippen molar-refractivity contribution < 1.29 is 24.2 Å². The van der Waals surface area contributed by atoms with Gasteiger partial charge in [-0.25, -0.2) is 9.59 Å². The van der Waals surface area contributed by atoms with E-state index in [-0.39, 0.29) is 12.3 Å². The van der Waals surface area contributed by atoms with Gasteiger partial charge in [0, 0.05) is 19.0 Å². The number of anilines is 1. The number of carboxylic acid groups (broad SMARTS) is 1. The van der Waals surface area contributed by atoms with Crippen LogP contribution in [-0.4, -0.2) is 34.7 Å². The molecule has 0 saturated carbocycles. The average molecular weight is 322 g/mol. The average Bonchev–Trinajstić information content (AvgIpc) is 2.35. The number of rotatable bonds is 5. The number of nitrogens with one attached hydrogen (secondary N) is 2. The van der Waals surface area contributed by atoms with Gasteiger partial charge in [-0.05, 0) is 38.5 Å². The molecule has 0 bridgehead atoms. The number of aliphatic carboxylic acids is 1. The zero-order valence-corrected chi connectivity index (χ0v) is 13.7. The Morgan fingerprint density at radius 3 is 2.43 bits per heavy atom. The first-order valence-electron chi connectivity index (χ1n) is 7.15. The fraction of sp³-hybridized carbons (Fsp3) is 0.438. The molecule has 0 unspecified atom stereocenters. The summed E-state index contributed by atoms with van der Waals surface area (Å²) in [5.41, 5.74) is 0.523. The lowest BCUT2D eigenvalue weighted by atomic mass is 10.1. The summed E-state index contributed by atoms with van der Waals surface area (Å²) in [6.45, 7) is 6.47. The first kappa shape index (κ1) is 18.5. The van der Waals surface area contributed by atoms with Gasteiger partial charge < -0.3 is 20.5 Å². The van der Waals surface area contributed by atoms with E-state index in [1.807, 2.05) is 0 Å². The minimum absolute atomic E-state index is 0.0714. The minimum atomic E-state index is -1.17. The van der Waals surface area contributed by atoms with Crippen molar-refractivity contribution in [2.75, 3.05) is 5.32 Å². The van der Waals surface area contributed by atoms with Crippen LogP contribution < -0.4 is 10.6 Å². The molecule has 7 heteroatoms. The van der Waals surface area contributed by atoms with Gasteiger partial charge >= 0.3 is 12.1 Å². The Morgan fingerprint density at radius 2 is 1.91 bits per heavy atom. The van der Waals surface area contributed by atoms with Crippen molar-refractivity contribution in [1.29, 1.82) is 0 Å². The molecule has 0 aliphatic rings. The van der Waals surface area contributed by atoms with Crippen LogP contribution in [0.2, 0.25) is 0 Å². The predicted octanol–water partition coefficient (Wildman–Crippen LogP) is 2.17. The predicted molar refractivity (Wildman–Crippen MR) is 85.2 cm³/mol. The highest BCUT2D eigenvalue weighted by atomic mass is 16.6. The zero-order chi connectivity index (χ0) is 17.6. The van der Waals surface area contributed by atoms with E-state index < -0.39 is 23.7 Å². The SMILES string of the molecule is CC(=O)Nc1cccc(C[C@H](NC(=O)OC(C)(C)C)C(=O)O)c1. The molecule has 0 radical (unpaired) electrons. The summed E-state index contributed by atoms with van der Waals surface area (Å²) < 4.78 is 5.06. The van der Waals surface area contributed by atoms with E-state index in [0.29, 0.717) is 11.3 Å². The van der Waals surface area contributed by atoms with Crippen LogP contribution in [0.4, 0.5) is 10.5 Å². The fourth-order valence-electron chi connectivity index (χ4n) is 1.86. The lowest BCUT2D eigenvalue weighted by Crippen LogP contribution is -2.44. The van der Waals surface area contributed by atoms with Crippen LogP contribution in [0.3, 0.4) is 0 Å². The summed E-state index contributed by atoms with van der Waals surface area (Å²) in [7, 11) is 0. The zero-order valence-electron chi connectivity index (χ0n) is 13.7. The van der Waals surface area contributed by atoms with E-state index in [0.717, 1.165) is 0 Å². The summed E-state index contributed by atoms with van der Waals surface area (Å²) in [5.74, 6) is -1.38. The molecule has 0 heterocycles. The molecule has 0 fully saturated rings. The molecule has 0 saturated heterocycles. The molecule has 0 aromatic heterocycles. The Labute approximate surface area is 135 Å². The van der Waals surface area contributed by atoms with Crippen LogP contribution in [-0.2, 0) is 20.7 Å². The molecular weight excluding hydrogens is 300 g/mol. The monoisotopic (exact) mass is 322 g/mol. The quantitative estimate of drug-likeness (QED) is 0.770. The summed E-state index contributed by atoms with van der Waals surface area (Å²) in [4.78, 5) is 34.1. The van der Waals surface area contributed by atoms with Crippen LogP contribution in [0.1, 0.15) is 33.3 Å². The lowest BCUT2D eigenvalue weighted by molar-refractivity contribution is -0.139. The molecule has 1 rings (SSSR count). The standard InChI is InChI=1S/C16H22N2O5/c1-10(19)17-12-7-5-6-11(8-12)9-13(14(20)21)18-15(22)23-16(2,3)4/h5-8,13H,9H2,1-4H3,(H,17,19)(H,18,22)(H,20,21)/t13-/m0/s1. The van der Waals surface area contributed by atoms with Gasteiger partial charge in [-0.1, -0.05) is 12.1 Å². The molecule has 0 aliphatic carbocycles. The van der Waals surface area contributed by atoms with E-state index >= 15 is 0 Å². The van der Waals surface area contributed by atoms with Crippen molar-refractivity contribution >= 4 is 23.7 Å². The van der Waals surface area contributed by atoms with Gasteiger partial charge in [0.1, 0.15) is 11.6 Å². The third kappa shape index (κ3) is 7.30. The Kier molecular flexibility index (Phi) is 6.12. The fourth-order valence-corrected chi connectivity index (χ4v) is 1.86. The molecule has 7 nitrogen and oxygen atoms in total. The molecule has 1 aromatic rings. The second kappa shape index (κ2) is 7.62. The van der Waals surface area contributed by atoms with E-state index in [1.165, 1.54) is 6.92 Å². The Hall–Kier alpha value is -2.57. The highest BCUT2D eigenvalue weighted by Gasteiger charge is 2.24. The number of hydrogen-bond donors (Lipinski definition) is 3. The molecule has 126 valence electrons. The van der Waals surface area contributed by atoms with E-state index in [2.05, 4.69) is 10.6 Å². The molecule has 0 spiro atoms. The Morgan fingerprint density at radius 1 is 1.26 bits per heavy atom. The number of hydrogen-bond acceptors (Lipinski definition) is 4. The van der Waals surface area contributed by atoms with Gasteiger partial charge in [0.2, 0.25) is 5.91 Å². The van der Waals surface area contributed by atoms with Gasteiger partial charge in [-0.15, -0.1) is 0 Å². The molecule has 1 atom stereocenters. The highest BCUT2D eigenvalue weighted by Crippen LogP contribution is 2.13. The maximum Gasteiger partial charge on any atom is 0.408 e. The van der Waals surface area contributed by atoms with Crippen molar-refractivity contribution in [3.63, 3.8) is 0 Å². The maximum absolute atomic E-state index is 11.7. The van der Waals surface area contributed by atoms with Crippen LogP contribution in [0.15, 0.2) is 24.3 Å². The number of amides is 2. The van der Waals surface area contributed by atoms with Crippen LogP contribution >= 0.6 is 0 Å². The van der Waals surface area contributed by atoms with Gasteiger partial charge in [0.25, 0.3) is 0 Å². The second-order valence-corrected chi connectivity index (χ2v) is 6.12. The Balaban J connectivity index is 2.78. The van der Waals surface area contributed by atoms with Crippen LogP contribution in [0.5, 0.6) is 0 Å².